The maximum Gasteiger partial charge on any atom is 0.0710 e. The van der Waals surface area contributed by atoms with Crippen LogP contribution in [0.2, 0.25) is 0 Å². The van der Waals surface area contributed by atoms with Crippen LogP contribution in [0.3, 0.4) is 0 Å². The Morgan fingerprint density at radius 1 is 1.44 bits per heavy atom. The van der Waals surface area contributed by atoms with E-state index in [1.54, 1.807) is 0 Å². The van der Waals surface area contributed by atoms with Gasteiger partial charge in [0.25, 0.3) is 0 Å². The molecule has 0 aromatic heterocycles. The largest absolute Gasteiger partial charge is 0.316 e. The summed E-state index contributed by atoms with van der Waals surface area (Å²) in [5, 5.41) is 12.4. The first kappa shape index (κ1) is 11.2. The van der Waals surface area contributed by atoms with Crippen LogP contribution in [-0.4, -0.2) is 13.1 Å². The molecule has 2 nitrogen and oxygen atoms in total. The summed E-state index contributed by atoms with van der Waals surface area (Å²) >= 11 is 0. The minimum atomic E-state index is 0.0516. The predicted octanol–water partition coefficient (Wildman–Crippen LogP) is 2.78. The second-order valence-electron chi connectivity index (χ2n) is 4.45. The van der Waals surface area contributed by atoms with Gasteiger partial charge in [-0.1, -0.05) is 31.2 Å². The Bertz CT molecular complexity index is 369. The van der Waals surface area contributed by atoms with Crippen molar-refractivity contribution in [1.29, 1.82) is 5.26 Å². The minimum absolute atomic E-state index is 0.0516. The fraction of sp³-hybridized carbons (Fsp3) is 0.500. The molecule has 2 heteroatoms. The SMILES string of the molecule is CCC(C#N)c1ccc(C2CCNC2)cc1. The number of hydrogen-bond donors (Lipinski definition) is 1. The molecule has 0 aliphatic carbocycles. The van der Waals surface area contributed by atoms with Gasteiger partial charge in [0.05, 0.1) is 12.0 Å². The normalized spacial score (nSPS) is 21.6. The summed E-state index contributed by atoms with van der Waals surface area (Å²) in [6.07, 6.45) is 2.12. The van der Waals surface area contributed by atoms with E-state index < -0.39 is 0 Å². The highest BCUT2D eigenvalue weighted by Crippen LogP contribution is 2.25. The van der Waals surface area contributed by atoms with Crippen LogP contribution < -0.4 is 5.32 Å². The number of nitrogens with zero attached hydrogens (tertiary/aromatic N) is 1. The maximum absolute atomic E-state index is 9.00. The summed E-state index contributed by atoms with van der Waals surface area (Å²) in [6, 6.07) is 11.0. The molecule has 0 saturated carbocycles. The van der Waals surface area contributed by atoms with Crippen LogP contribution in [0.4, 0.5) is 0 Å². The fourth-order valence-electron chi connectivity index (χ4n) is 2.34. The van der Waals surface area contributed by atoms with Gasteiger partial charge in [0, 0.05) is 6.54 Å². The zero-order valence-electron chi connectivity index (χ0n) is 9.74. The molecule has 16 heavy (non-hydrogen) atoms. The highest BCUT2D eigenvalue weighted by molar-refractivity contribution is 5.31. The van der Waals surface area contributed by atoms with E-state index in [2.05, 4.69) is 42.6 Å². The van der Waals surface area contributed by atoms with Crippen LogP contribution in [0, 0.1) is 11.3 Å². The van der Waals surface area contributed by atoms with Crippen LogP contribution >= 0.6 is 0 Å². The molecule has 84 valence electrons. The van der Waals surface area contributed by atoms with Crippen LogP contribution in [-0.2, 0) is 0 Å². The van der Waals surface area contributed by atoms with Crippen LogP contribution in [0.25, 0.3) is 0 Å². The molecule has 1 saturated heterocycles. The maximum atomic E-state index is 9.00. The van der Waals surface area contributed by atoms with Gasteiger partial charge in [-0.05, 0) is 36.4 Å². The van der Waals surface area contributed by atoms with Gasteiger partial charge in [-0.15, -0.1) is 0 Å². The quantitative estimate of drug-likeness (QED) is 0.839. The van der Waals surface area contributed by atoms with E-state index in [0.717, 1.165) is 25.1 Å². The lowest BCUT2D eigenvalue weighted by molar-refractivity contribution is 0.759. The molecule has 2 rings (SSSR count). The van der Waals surface area contributed by atoms with Gasteiger partial charge >= 0.3 is 0 Å². The summed E-state index contributed by atoms with van der Waals surface area (Å²) in [6.45, 7) is 4.28. The zero-order valence-corrected chi connectivity index (χ0v) is 9.74. The average Bonchev–Trinajstić information content (AvgIpc) is 2.85. The van der Waals surface area contributed by atoms with Crippen LogP contribution in [0.5, 0.6) is 0 Å². The standard InChI is InChI=1S/C14H18N2/c1-2-11(9-15)12-3-5-13(6-4-12)14-7-8-16-10-14/h3-6,11,14,16H,2,7-8,10H2,1H3. The van der Waals surface area contributed by atoms with Gasteiger partial charge in [-0.25, -0.2) is 0 Å². The van der Waals surface area contributed by atoms with Crippen molar-refractivity contribution in [2.24, 2.45) is 0 Å². The molecule has 0 radical (unpaired) electrons. The van der Waals surface area contributed by atoms with Gasteiger partial charge in [-0.2, -0.15) is 5.26 Å². The van der Waals surface area contributed by atoms with E-state index >= 15 is 0 Å². The highest BCUT2D eigenvalue weighted by atomic mass is 14.9. The summed E-state index contributed by atoms with van der Waals surface area (Å²) < 4.78 is 0. The van der Waals surface area contributed by atoms with Crippen molar-refractivity contribution in [3.8, 4) is 6.07 Å². The first-order valence-corrected chi connectivity index (χ1v) is 6.05. The highest BCUT2D eigenvalue weighted by Gasteiger charge is 2.16. The molecular weight excluding hydrogens is 196 g/mol. The molecule has 1 aromatic rings. The van der Waals surface area contributed by atoms with Crippen molar-refractivity contribution in [2.45, 2.75) is 31.6 Å². The Labute approximate surface area is 97.3 Å². The first-order chi connectivity index (χ1) is 7.85. The predicted molar refractivity (Wildman–Crippen MR) is 65.3 cm³/mol. The molecule has 1 N–H and O–H groups in total. The third-order valence-corrected chi connectivity index (χ3v) is 3.43. The van der Waals surface area contributed by atoms with Crippen molar-refractivity contribution in [1.82, 2.24) is 5.32 Å². The number of hydrogen-bond acceptors (Lipinski definition) is 2. The minimum Gasteiger partial charge on any atom is -0.316 e. The summed E-state index contributed by atoms with van der Waals surface area (Å²) in [5.41, 5.74) is 2.56. The van der Waals surface area contributed by atoms with Crippen LogP contribution in [0.15, 0.2) is 24.3 Å². The van der Waals surface area contributed by atoms with E-state index in [0.29, 0.717) is 5.92 Å². The Kier molecular flexibility index (Phi) is 3.58. The Balaban J connectivity index is 2.12. The number of rotatable bonds is 3. The van der Waals surface area contributed by atoms with E-state index in [1.165, 1.54) is 12.0 Å². The molecule has 0 amide bonds. The summed E-state index contributed by atoms with van der Waals surface area (Å²) in [7, 11) is 0. The molecular formula is C14H18N2. The second kappa shape index (κ2) is 5.14. The molecule has 1 fully saturated rings. The lowest BCUT2D eigenvalue weighted by Gasteiger charge is -2.11. The van der Waals surface area contributed by atoms with Crippen molar-refractivity contribution in [2.75, 3.05) is 13.1 Å². The van der Waals surface area contributed by atoms with Gasteiger partial charge in [0.2, 0.25) is 0 Å². The van der Waals surface area contributed by atoms with E-state index in [1.807, 2.05) is 0 Å². The van der Waals surface area contributed by atoms with Gasteiger partial charge in [0.1, 0.15) is 0 Å². The fourth-order valence-corrected chi connectivity index (χ4v) is 2.34. The third-order valence-electron chi connectivity index (χ3n) is 3.43. The van der Waals surface area contributed by atoms with Crippen molar-refractivity contribution in [3.63, 3.8) is 0 Å². The van der Waals surface area contributed by atoms with Crippen molar-refractivity contribution in [3.05, 3.63) is 35.4 Å². The third kappa shape index (κ3) is 2.25. The Hall–Kier alpha value is -1.33. The lowest BCUT2D eigenvalue weighted by atomic mass is 9.93. The van der Waals surface area contributed by atoms with E-state index in [4.69, 9.17) is 5.26 Å². The number of nitrogens with one attached hydrogen (secondary N) is 1. The molecule has 0 bridgehead atoms. The van der Waals surface area contributed by atoms with Crippen molar-refractivity contribution < 1.29 is 0 Å². The second-order valence-corrected chi connectivity index (χ2v) is 4.45. The van der Waals surface area contributed by atoms with Gasteiger partial charge in [0.15, 0.2) is 0 Å². The van der Waals surface area contributed by atoms with E-state index in [-0.39, 0.29) is 5.92 Å². The Morgan fingerprint density at radius 3 is 2.69 bits per heavy atom. The van der Waals surface area contributed by atoms with E-state index in [9.17, 15) is 0 Å². The number of nitriles is 1. The number of benzene rings is 1. The molecule has 0 spiro atoms. The smallest absolute Gasteiger partial charge is 0.0710 e. The van der Waals surface area contributed by atoms with Crippen LogP contribution in [0.1, 0.15) is 42.7 Å². The monoisotopic (exact) mass is 214 g/mol. The lowest BCUT2D eigenvalue weighted by Crippen LogP contribution is -2.08. The molecule has 2 unspecified atom stereocenters. The van der Waals surface area contributed by atoms with Gasteiger partial charge in [-0.3, -0.25) is 0 Å². The molecule has 1 heterocycles. The average molecular weight is 214 g/mol. The summed E-state index contributed by atoms with van der Waals surface area (Å²) in [4.78, 5) is 0. The molecule has 2 atom stereocenters. The van der Waals surface area contributed by atoms with Gasteiger partial charge < -0.3 is 5.32 Å². The Morgan fingerprint density at radius 2 is 2.19 bits per heavy atom. The zero-order chi connectivity index (χ0) is 11.4. The summed E-state index contributed by atoms with van der Waals surface area (Å²) in [5.74, 6) is 0.715. The topological polar surface area (TPSA) is 35.8 Å². The molecule has 1 aromatic carbocycles. The molecule has 1 aliphatic rings. The first-order valence-electron chi connectivity index (χ1n) is 6.05. The molecule has 1 aliphatic heterocycles. The van der Waals surface area contributed by atoms with Crippen molar-refractivity contribution >= 4 is 0 Å².